The van der Waals surface area contributed by atoms with Crippen molar-refractivity contribution in [2.24, 2.45) is 5.92 Å². The van der Waals surface area contributed by atoms with Gasteiger partial charge in [0, 0.05) is 12.2 Å². The van der Waals surface area contributed by atoms with Crippen LogP contribution in [0.3, 0.4) is 0 Å². The summed E-state index contributed by atoms with van der Waals surface area (Å²) in [6.45, 7) is 5.67. The smallest absolute Gasteiger partial charge is 0.142 e. The molecule has 23 heavy (non-hydrogen) atoms. The Labute approximate surface area is 137 Å². The number of nitrogens with one attached hydrogen (secondary N) is 1. The first-order chi connectivity index (χ1) is 11.0. The van der Waals surface area contributed by atoms with Gasteiger partial charge >= 0.3 is 0 Å². The molecule has 4 heteroatoms. The quantitative estimate of drug-likeness (QED) is 0.557. The fourth-order valence-corrected chi connectivity index (χ4v) is 2.27. The number of nitrogen functional groups attached to an aromatic ring is 1. The molecular formula is C19H25FN2O. The number of halogens is 1. The predicted molar refractivity (Wildman–Crippen MR) is 94.4 cm³/mol. The van der Waals surface area contributed by atoms with Crippen molar-refractivity contribution in [1.82, 2.24) is 0 Å². The fraction of sp³-hybridized carbons (Fsp3) is 0.368. The molecule has 0 atom stereocenters. The molecule has 0 fully saturated rings. The maximum absolute atomic E-state index is 13.1. The molecule has 0 spiro atoms. The van der Waals surface area contributed by atoms with E-state index in [-0.39, 0.29) is 5.82 Å². The molecule has 0 aliphatic carbocycles. The topological polar surface area (TPSA) is 47.3 Å². The van der Waals surface area contributed by atoms with Crippen LogP contribution in [0.4, 0.5) is 15.8 Å². The Morgan fingerprint density at radius 2 is 2.00 bits per heavy atom. The molecule has 0 radical (unpaired) electrons. The van der Waals surface area contributed by atoms with Gasteiger partial charge in [-0.05, 0) is 54.7 Å². The molecule has 0 bridgehead atoms. The number of rotatable bonds is 8. The molecule has 0 amide bonds. The van der Waals surface area contributed by atoms with Gasteiger partial charge < -0.3 is 15.8 Å². The van der Waals surface area contributed by atoms with Gasteiger partial charge in [-0.3, -0.25) is 0 Å². The van der Waals surface area contributed by atoms with Crippen LogP contribution in [-0.4, -0.2) is 13.2 Å². The van der Waals surface area contributed by atoms with Gasteiger partial charge in [-0.25, -0.2) is 4.39 Å². The lowest BCUT2D eigenvalue weighted by atomic mass is 10.1. The van der Waals surface area contributed by atoms with Crippen LogP contribution in [-0.2, 0) is 6.42 Å². The van der Waals surface area contributed by atoms with Gasteiger partial charge in [0.05, 0.1) is 12.3 Å². The van der Waals surface area contributed by atoms with Gasteiger partial charge in [0.15, 0.2) is 0 Å². The van der Waals surface area contributed by atoms with Crippen molar-refractivity contribution in [2.45, 2.75) is 26.7 Å². The summed E-state index contributed by atoms with van der Waals surface area (Å²) in [5, 5.41) is 3.22. The normalized spacial score (nSPS) is 10.8. The predicted octanol–water partition coefficient (Wildman–Crippen LogP) is 4.49. The summed E-state index contributed by atoms with van der Waals surface area (Å²) in [4.78, 5) is 0. The van der Waals surface area contributed by atoms with Crippen molar-refractivity contribution in [3.63, 3.8) is 0 Å². The van der Waals surface area contributed by atoms with Crippen molar-refractivity contribution in [1.29, 1.82) is 0 Å². The zero-order chi connectivity index (χ0) is 16.7. The fourth-order valence-electron chi connectivity index (χ4n) is 2.27. The van der Waals surface area contributed by atoms with Gasteiger partial charge in [0.25, 0.3) is 0 Å². The molecule has 2 aromatic carbocycles. The lowest BCUT2D eigenvalue weighted by Crippen LogP contribution is -2.07. The molecule has 0 heterocycles. The van der Waals surface area contributed by atoms with Crippen molar-refractivity contribution >= 4 is 11.4 Å². The lowest BCUT2D eigenvalue weighted by molar-refractivity contribution is 0.272. The number of hydrogen-bond donors (Lipinski definition) is 2. The monoisotopic (exact) mass is 316 g/mol. The zero-order valence-electron chi connectivity index (χ0n) is 13.8. The highest BCUT2D eigenvalue weighted by Crippen LogP contribution is 2.23. The van der Waals surface area contributed by atoms with Crippen LogP contribution in [0.1, 0.15) is 25.8 Å². The molecule has 124 valence electrons. The van der Waals surface area contributed by atoms with Crippen LogP contribution in [0.15, 0.2) is 42.5 Å². The Hall–Kier alpha value is -2.23. The van der Waals surface area contributed by atoms with Crippen LogP contribution in [0.25, 0.3) is 0 Å². The van der Waals surface area contributed by atoms with Crippen molar-refractivity contribution in [3.8, 4) is 5.75 Å². The van der Waals surface area contributed by atoms with E-state index in [2.05, 4.69) is 19.2 Å². The third kappa shape index (κ3) is 5.81. The minimum absolute atomic E-state index is 0.222. The van der Waals surface area contributed by atoms with Crippen molar-refractivity contribution < 1.29 is 9.13 Å². The van der Waals surface area contributed by atoms with Crippen LogP contribution in [0.5, 0.6) is 5.75 Å². The van der Waals surface area contributed by atoms with E-state index in [9.17, 15) is 4.39 Å². The molecular weight excluding hydrogens is 291 g/mol. The third-order valence-corrected chi connectivity index (χ3v) is 3.44. The van der Waals surface area contributed by atoms with Gasteiger partial charge in [-0.2, -0.15) is 0 Å². The molecule has 0 aliphatic rings. The summed E-state index contributed by atoms with van der Waals surface area (Å²) in [5.74, 6) is 1.00. The molecule has 0 aliphatic heterocycles. The van der Waals surface area contributed by atoms with E-state index < -0.39 is 0 Å². The number of nitrogens with two attached hydrogens (primary N) is 1. The Morgan fingerprint density at radius 1 is 1.17 bits per heavy atom. The van der Waals surface area contributed by atoms with Gasteiger partial charge in [0.2, 0.25) is 0 Å². The van der Waals surface area contributed by atoms with E-state index in [1.54, 1.807) is 6.07 Å². The highest BCUT2D eigenvalue weighted by Gasteiger charge is 2.04. The largest absolute Gasteiger partial charge is 0.491 e. The number of anilines is 2. The minimum Gasteiger partial charge on any atom is -0.491 e. The summed E-state index contributed by atoms with van der Waals surface area (Å²) >= 11 is 0. The first-order valence-corrected chi connectivity index (χ1v) is 8.05. The summed E-state index contributed by atoms with van der Waals surface area (Å²) in [7, 11) is 0. The summed E-state index contributed by atoms with van der Waals surface area (Å²) in [6, 6.07) is 12.5. The number of hydrogen-bond acceptors (Lipinski definition) is 3. The second-order valence-corrected chi connectivity index (χ2v) is 6.12. The van der Waals surface area contributed by atoms with E-state index in [1.165, 1.54) is 17.7 Å². The molecule has 2 rings (SSSR count). The first-order valence-electron chi connectivity index (χ1n) is 8.05. The second-order valence-electron chi connectivity index (χ2n) is 6.12. The lowest BCUT2D eigenvalue weighted by Gasteiger charge is -2.12. The zero-order valence-corrected chi connectivity index (χ0v) is 13.8. The van der Waals surface area contributed by atoms with Gasteiger partial charge in [0.1, 0.15) is 11.6 Å². The van der Waals surface area contributed by atoms with E-state index >= 15 is 0 Å². The molecule has 0 saturated carbocycles. The molecule has 0 unspecified atom stereocenters. The number of aryl methyl sites for hydroxylation is 1. The third-order valence-electron chi connectivity index (χ3n) is 3.44. The van der Waals surface area contributed by atoms with Crippen LogP contribution < -0.4 is 15.8 Å². The summed E-state index contributed by atoms with van der Waals surface area (Å²) < 4.78 is 18.7. The van der Waals surface area contributed by atoms with Crippen molar-refractivity contribution in [2.75, 3.05) is 24.2 Å². The van der Waals surface area contributed by atoms with Crippen LogP contribution in [0.2, 0.25) is 0 Å². The minimum atomic E-state index is -0.222. The summed E-state index contributed by atoms with van der Waals surface area (Å²) in [6.07, 6.45) is 1.86. The van der Waals surface area contributed by atoms with Gasteiger partial charge in [-0.1, -0.05) is 26.0 Å². The SMILES string of the molecule is CC(C)COc1ccc(CCCNc2cccc(F)c2)cc1N. The van der Waals surface area contributed by atoms with Gasteiger partial charge in [-0.15, -0.1) is 0 Å². The van der Waals surface area contributed by atoms with Crippen LogP contribution in [0, 0.1) is 11.7 Å². The molecule has 3 N–H and O–H groups in total. The maximum atomic E-state index is 13.1. The first kappa shape index (κ1) is 17.1. The van der Waals surface area contributed by atoms with E-state index in [4.69, 9.17) is 10.5 Å². The molecule has 2 aromatic rings. The Morgan fingerprint density at radius 3 is 2.70 bits per heavy atom. The summed E-state index contributed by atoms with van der Waals surface area (Å²) in [5.41, 5.74) is 8.71. The standard InChI is InChI=1S/C19H25FN2O/c1-14(2)13-23-19-9-8-15(11-18(19)21)5-4-10-22-17-7-3-6-16(20)12-17/h3,6-9,11-12,14,22H,4-5,10,13,21H2,1-2H3. The van der Waals surface area contributed by atoms with E-state index in [0.29, 0.717) is 18.2 Å². The van der Waals surface area contributed by atoms with E-state index in [1.807, 2.05) is 24.3 Å². The average molecular weight is 316 g/mol. The number of ether oxygens (including phenoxy) is 1. The molecule has 0 aromatic heterocycles. The maximum Gasteiger partial charge on any atom is 0.142 e. The van der Waals surface area contributed by atoms with E-state index in [0.717, 1.165) is 30.8 Å². The highest BCUT2D eigenvalue weighted by atomic mass is 19.1. The second kappa shape index (κ2) is 8.42. The Kier molecular flexibility index (Phi) is 6.27. The van der Waals surface area contributed by atoms with Crippen LogP contribution >= 0.6 is 0 Å². The Balaban J connectivity index is 1.78. The molecule has 3 nitrogen and oxygen atoms in total. The van der Waals surface area contributed by atoms with Crippen molar-refractivity contribution in [3.05, 3.63) is 53.8 Å². The molecule has 0 saturated heterocycles. The Bertz CT molecular complexity index is 629. The average Bonchev–Trinajstić information content (AvgIpc) is 2.50. The highest BCUT2D eigenvalue weighted by molar-refractivity contribution is 5.54. The number of benzene rings is 2.